The first-order valence-electron chi connectivity index (χ1n) is 5.80. The van der Waals surface area contributed by atoms with Gasteiger partial charge in [-0.2, -0.15) is 0 Å². The molecule has 0 radical (unpaired) electrons. The normalized spacial score (nSPS) is 13.8. The molecule has 0 spiro atoms. The van der Waals surface area contributed by atoms with E-state index in [9.17, 15) is 15.0 Å². The van der Waals surface area contributed by atoms with Crippen LogP contribution in [0.4, 0.5) is 10.8 Å². The third-order valence-electron chi connectivity index (χ3n) is 2.55. The van der Waals surface area contributed by atoms with Gasteiger partial charge >= 0.3 is 0 Å². The lowest BCUT2D eigenvalue weighted by Gasteiger charge is -2.15. The Labute approximate surface area is 119 Å². The standard InChI is InChI=1S/C12H14N4O3S/c1-6(17)14-12-16-15-11(20-12)10(19)9(18)7-2-4-8(13)5-3-7/h2-5,9-10,18-19H,13H2,1H3,(H,14,16,17)/t9-,10+/m0/s1. The third kappa shape index (κ3) is 3.29. The molecule has 1 aromatic heterocycles. The molecule has 0 bridgehead atoms. The molecule has 1 aromatic carbocycles. The van der Waals surface area contributed by atoms with Crippen LogP contribution in [-0.2, 0) is 4.79 Å². The smallest absolute Gasteiger partial charge is 0.223 e. The SMILES string of the molecule is CC(=O)Nc1nnc([C@H](O)[C@@H](O)c2ccc(N)cc2)s1. The van der Waals surface area contributed by atoms with Crippen LogP contribution in [0.2, 0.25) is 0 Å². The number of carbonyl (C=O) groups excluding carboxylic acids is 1. The number of benzene rings is 1. The lowest BCUT2D eigenvalue weighted by molar-refractivity contribution is -0.114. The predicted molar refractivity (Wildman–Crippen MR) is 75.0 cm³/mol. The Hall–Kier alpha value is -2.03. The second-order valence-electron chi connectivity index (χ2n) is 4.18. The van der Waals surface area contributed by atoms with E-state index in [1.165, 1.54) is 6.92 Å². The number of aliphatic hydroxyl groups is 2. The van der Waals surface area contributed by atoms with Crippen molar-refractivity contribution in [2.24, 2.45) is 0 Å². The van der Waals surface area contributed by atoms with Crippen molar-refractivity contribution in [3.05, 3.63) is 34.8 Å². The van der Waals surface area contributed by atoms with Crippen molar-refractivity contribution in [1.82, 2.24) is 10.2 Å². The molecule has 2 atom stereocenters. The minimum absolute atomic E-state index is 0.220. The second-order valence-corrected chi connectivity index (χ2v) is 5.19. The summed E-state index contributed by atoms with van der Waals surface area (Å²) in [5.41, 5.74) is 6.64. The number of rotatable bonds is 4. The Morgan fingerprint density at radius 2 is 1.90 bits per heavy atom. The van der Waals surface area contributed by atoms with E-state index in [1.54, 1.807) is 24.3 Å². The number of nitrogens with one attached hydrogen (secondary N) is 1. The fourth-order valence-corrected chi connectivity index (χ4v) is 2.37. The van der Waals surface area contributed by atoms with Gasteiger partial charge in [0.25, 0.3) is 0 Å². The van der Waals surface area contributed by atoms with Gasteiger partial charge in [-0.05, 0) is 17.7 Å². The van der Waals surface area contributed by atoms with Gasteiger partial charge in [0.1, 0.15) is 12.2 Å². The second kappa shape index (κ2) is 5.95. The van der Waals surface area contributed by atoms with Crippen LogP contribution in [0, 0.1) is 0 Å². The summed E-state index contributed by atoms with van der Waals surface area (Å²) in [7, 11) is 0. The highest BCUT2D eigenvalue weighted by Crippen LogP contribution is 2.31. The van der Waals surface area contributed by atoms with Gasteiger partial charge in [0, 0.05) is 12.6 Å². The zero-order valence-electron chi connectivity index (χ0n) is 10.6. The molecule has 0 saturated heterocycles. The highest BCUT2D eigenvalue weighted by Gasteiger charge is 2.24. The molecule has 20 heavy (non-hydrogen) atoms. The van der Waals surface area contributed by atoms with E-state index in [0.717, 1.165) is 11.3 Å². The van der Waals surface area contributed by atoms with Gasteiger partial charge in [-0.3, -0.25) is 4.79 Å². The maximum atomic E-state index is 10.9. The zero-order valence-corrected chi connectivity index (χ0v) is 11.5. The molecule has 106 valence electrons. The van der Waals surface area contributed by atoms with E-state index < -0.39 is 12.2 Å². The minimum atomic E-state index is -1.22. The van der Waals surface area contributed by atoms with Crippen LogP contribution in [0.25, 0.3) is 0 Å². The van der Waals surface area contributed by atoms with Crippen molar-refractivity contribution in [3.8, 4) is 0 Å². The molecule has 7 nitrogen and oxygen atoms in total. The van der Waals surface area contributed by atoms with Gasteiger partial charge in [-0.25, -0.2) is 0 Å². The molecule has 2 aromatic rings. The zero-order chi connectivity index (χ0) is 14.7. The quantitative estimate of drug-likeness (QED) is 0.620. The summed E-state index contributed by atoms with van der Waals surface area (Å²) < 4.78 is 0. The summed E-state index contributed by atoms with van der Waals surface area (Å²) in [4.78, 5) is 10.9. The topological polar surface area (TPSA) is 121 Å². The van der Waals surface area contributed by atoms with Crippen molar-refractivity contribution in [3.63, 3.8) is 0 Å². The van der Waals surface area contributed by atoms with Crippen molar-refractivity contribution in [1.29, 1.82) is 0 Å². The highest BCUT2D eigenvalue weighted by atomic mass is 32.1. The molecule has 8 heteroatoms. The average molecular weight is 294 g/mol. The van der Waals surface area contributed by atoms with Crippen LogP contribution >= 0.6 is 11.3 Å². The first-order chi connectivity index (χ1) is 9.47. The number of aromatic nitrogens is 2. The van der Waals surface area contributed by atoms with E-state index in [4.69, 9.17) is 5.73 Å². The first-order valence-corrected chi connectivity index (χ1v) is 6.61. The van der Waals surface area contributed by atoms with Gasteiger partial charge in [0.15, 0.2) is 5.01 Å². The van der Waals surface area contributed by atoms with E-state index in [2.05, 4.69) is 15.5 Å². The van der Waals surface area contributed by atoms with Crippen molar-refractivity contribution >= 4 is 28.1 Å². The van der Waals surface area contributed by atoms with E-state index >= 15 is 0 Å². The van der Waals surface area contributed by atoms with Gasteiger partial charge in [0.05, 0.1) is 0 Å². The molecule has 0 saturated carbocycles. The summed E-state index contributed by atoms with van der Waals surface area (Å²) >= 11 is 1.01. The fourth-order valence-electron chi connectivity index (χ4n) is 1.57. The van der Waals surface area contributed by atoms with Crippen molar-refractivity contribution in [2.75, 3.05) is 11.1 Å². The van der Waals surface area contributed by atoms with E-state index in [-0.39, 0.29) is 16.0 Å². The van der Waals surface area contributed by atoms with Crippen LogP contribution < -0.4 is 11.1 Å². The number of nitrogens with zero attached hydrogens (tertiary/aromatic N) is 2. The molecular formula is C12H14N4O3S. The lowest BCUT2D eigenvalue weighted by Crippen LogP contribution is -2.10. The molecule has 5 N–H and O–H groups in total. The van der Waals surface area contributed by atoms with Crippen molar-refractivity contribution in [2.45, 2.75) is 19.1 Å². The molecule has 0 aliphatic carbocycles. The summed E-state index contributed by atoms with van der Waals surface area (Å²) in [6.45, 7) is 1.35. The number of nitrogens with two attached hydrogens (primary N) is 1. The third-order valence-corrected chi connectivity index (χ3v) is 3.46. The molecule has 1 heterocycles. The van der Waals surface area contributed by atoms with Gasteiger partial charge < -0.3 is 21.3 Å². The van der Waals surface area contributed by atoms with Crippen molar-refractivity contribution < 1.29 is 15.0 Å². The van der Waals surface area contributed by atoms with Crippen LogP contribution in [0.5, 0.6) is 0 Å². The summed E-state index contributed by atoms with van der Waals surface area (Å²) in [6.07, 6.45) is -2.37. The van der Waals surface area contributed by atoms with E-state index in [0.29, 0.717) is 11.3 Å². The molecule has 0 aliphatic heterocycles. The molecule has 1 amide bonds. The van der Waals surface area contributed by atoms with Crippen LogP contribution in [-0.4, -0.2) is 26.3 Å². The van der Waals surface area contributed by atoms with Gasteiger partial charge in [-0.15, -0.1) is 10.2 Å². The molecule has 0 unspecified atom stereocenters. The number of aliphatic hydroxyl groups excluding tert-OH is 2. The Morgan fingerprint density at radius 1 is 1.25 bits per heavy atom. The Balaban J connectivity index is 2.13. The van der Waals surface area contributed by atoms with Crippen LogP contribution in [0.15, 0.2) is 24.3 Å². The molecule has 0 fully saturated rings. The number of anilines is 2. The van der Waals surface area contributed by atoms with Crippen LogP contribution in [0.3, 0.4) is 0 Å². The summed E-state index contributed by atoms with van der Waals surface area (Å²) in [5.74, 6) is -0.277. The number of amides is 1. The molecule has 2 rings (SSSR count). The largest absolute Gasteiger partial charge is 0.399 e. The molecular weight excluding hydrogens is 280 g/mol. The van der Waals surface area contributed by atoms with Crippen LogP contribution in [0.1, 0.15) is 29.7 Å². The fraction of sp³-hybridized carbons (Fsp3) is 0.250. The Bertz CT molecular complexity index is 599. The lowest BCUT2D eigenvalue weighted by atomic mass is 10.0. The maximum Gasteiger partial charge on any atom is 0.223 e. The van der Waals surface area contributed by atoms with Gasteiger partial charge in [-0.1, -0.05) is 23.5 Å². The summed E-state index contributed by atoms with van der Waals surface area (Å²) in [5, 5.41) is 30.6. The first kappa shape index (κ1) is 14.4. The predicted octanol–water partition coefficient (Wildman–Crippen LogP) is 0.846. The Morgan fingerprint density at radius 3 is 2.50 bits per heavy atom. The molecule has 0 aliphatic rings. The Kier molecular flexibility index (Phi) is 4.28. The average Bonchev–Trinajstić information content (AvgIpc) is 2.85. The monoisotopic (exact) mass is 294 g/mol. The maximum absolute atomic E-state index is 10.9. The minimum Gasteiger partial charge on any atom is -0.399 e. The van der Waals surface area contributed by atoms with E-state index in [1.807, 2.05) is 0 Å². The number of hydrogen-bond acceptors (Lipinski definition) is 7. The van der Waals surface area contributed by atoms with Gasteiger partial charge in [0.2, 0.25) is 11.0 Å². The number of carbonyl (C=O) groups is 1. The summed E-state index contributed by atoms with van der Waals surface area (Å²) in [6, 6.07) is 6.51. The highest BCUT2D eigenvalue weighted by molar-refractivity contribution is 7.15. The number of nitrogen functional groups attached to an aromatic ring is 1. The number of hydrogen-bond donors (Lipinski definition) is 4.